The van der Waals surface area contributed by atoms with E-state index in [0.29, 0.717) is 44.6 Å². The van der Waals surface area contributed by atoms with E-state index in [0.717, 1.165) is 11.3 Å². The van der Waals surface area contributed by atoms with Crippen molar-refractivity contribution >= 4 is 27.8 Å². The van der Waals surface area contributed by atoms with Gasteiger partial charge in [-0.3, -0.25) is 0 Å². The lowest BCUT2D eigenvalue weighted by Gasteiger charge is -2.14. The van der Waals surface area contributed by atoms with Crippen molar-refractivity contribution in [1.82, 2.24) is 9.72 Å². The molecule has 0 saturated carbocycles. The molecular weight excluding hydrogens is 517 g/mol. The fraction of sp³-hybridized carbons (Fsp3) is 0.214. The van der Waals surface area contributed by atoms with Crippen LogP contribution >= 0.6 is 0 Å². The Bertz CT molecular complexity index is 1690. The first kappa shape index (κ1) is 26.0. The third kappa shape index (κ3) is 5.07. The van der Waals surface area contributed by atoms with Crippen LogP contribution < -0.4 is 14.2 Å². The number of carboxylic acids is 1. The summed E-state index contributed by atoms with van der Waals surface area (Å²) in [6.45, 7) is 3.51. The standard InChI is InChI=1S/C28H23F3N2O6/c1-15-24(25-21-8-5-9-23(36-3)26(21)39-32-25)20-11-10-19(38-28(29,30)31)13-22(20)33(15)14-17-6-4-7-18(12-17)37-16(2)27(34)35/h4-13,16H,14H2,1-3H3,(H,34,35)/t16-/m1/s1. The van der Waals surface area contributed by atoms with Crippen molar-refractivity contribution in [3.63, 3.8) is 0 Å². The fourth-order valence-corrected chi connectivity index (χ4v) is 4.59. The smallest absolute Gasteiger partial charge is 0.493 e. The number of carbonyl (C=O) groups is 1. The van der Waals surface area contributed by atoms with E-state index in [9.17, 15) is 18.0 Å². The van der Waals surface area contributed by atoms with Gasteiger partial charge in [-0.2, -0.15) is 0 Å². The predicted octanol–water partition coefficient (Wildman–Crippen LogP) is 6.57. The first-order chi connectivity index (χ1) is 18.6. The van der Waals surface area contributed by atoms with Gasteiger partial charge >= 0.3 is 12.3 Å². The highest BCUT2D eigenvalue weighted by molar-refractivity contribution is 6.05. The Hall–Kier alpha value is -4.67. The number of ether oxygens (including phenoxy) is 3. The lowest BCUT2D eigenvalue weighted by molar-refractivity contribution is -0.274. The zero-order chi connectivity index (χ0) is 27.9. The van der Waals surface area contributed by atoms with Gasteiger partial charge in [0.15, 0.2) is 11.9 Å². The first-order valence-corrected chi connectivity index (χ1v) is 11.9. The second-order valence-corrected chi connectivity index (χ2v) is 8.89. The number of aromatic nitrogens is 2. The van der Waals surface area contributed by atoms with E-state index in [1.165, 1.54) is 26.2 Å². The Morgan fingerprint density at radius 3 is 2.56 bits per heavy atom. The number of halogens is 3. The Morgan fingerprint density at radius 1 is 1.08 bits per heavy atom. The molecule has 202 valence electrons. The van der Waals surface area contributed by atoms with Crippen LogP contribution in [0.1, 0.15) is 18.2 Å². The Labute approximate surface area is 220 Å². The van der Waals surface area contributed by atoms with E-state index in [1.807, 2.05) is 23.6 Å². The van der Waals surface area contributed by atoms with Crippen LogP contribution in [0.4, 0.5) is 13.2 Å². The van der Waals surface area contributed by atoms with Crippen molar-refractivity contribution in [2.24, 2.45) is 0 Å². The third-order valence-electron chi connectivity index (χ3n) is 6.35. The molecule has 5 aromatic rings. The van der Waals surface area contributed by atoms with Crippen LogP contribution in [0.5, 0.6) is 17.2 Å². The van der Waals surface area contributed by atoms with Gasteiger partial charge < -0.3 is 28.4 Å². The number of fused-ring (bicyclic) bond motifs is 2. The van der Waals surface area contributed by atoms with Crippen molar-refractivity contribution < 1.29 is 41.8 Å². The molecule has 0 bridgehead atoms. The zero-order valence-corrected chi connectivity index (χ0v) is 21.1. The highest BCUT2D eigenvalue weighted by Crippen LogP contribution is 2.41. The number of hydrogen-bond acceptors (Lipinski definition) is 6. The summed E-state index contributed by atoms with van der Waals surface area (Å²) in [6.07, 6.45) is -5.91. The normalized spacial score (nSPS) is 12.6. The highest BCUT2D eigenvalue weighted by Gasteiger charge is 2.32. The summed E-state index contributed by atoms with van der Waals surface area (Å²) in [4.78, 5) is 11.2. The lowest BCUT2D eigenvalue weighted by Crippen LogP contribution is -2.22. The van der Waals surface area contributed by atoms with Gasteiger partial charge in [0.1, 0.15) is 17.2 Å². The molecule has 2 heterocycles. The molecule has 0 aliphatic rings. The minimum Gasteiger partial charge on any atom is -0.493 e. The molecule has 0 fully saturated rings. The summed E-state index contributed by atoms with van der Waals surface area (Å²) in [5.74, 6) is -0.612. The Balaban J connectivity index is 1.66. The second kappa shape index (κ2) is 9.90. The SMILES string of the molecule is COc1cccc2c(-c3c(C)n(Cc4cccc(O[C@H](C)C(=O)O)c4)c4cc(OC(F)(F)F)ccc34)noc12. The van der Waals surface area contributed by atoms with E-state index in [-0.39, 0.29) is 12.3 Å². The first-order valence-electron chi connectivity index (χ1n) is 11.9. The number of alkyl halides is 3. The number of nitrogens with zero attached hydrogens (tertiary/aromatic N) is 2. The van der Waals surface area contributed by atoms with Crippen molar-refractivity contribution in [3.8, 4) is 28.5 Å². The number of rotatable bonds is 8. The number of hydrogen-bond donors (Lipinski definition) is 1. The molecule has 0 aliphatic heterocycles. The quantitative estimate of drug-likeness (QED) is 0.238. The molecule has 1 N–H and O–H groups in total. The van der Waals surface area contributed by atoms with Crippen LogP contribution in [-0.4, -0.2) is 40.4 Å². The molecule has 0 unspecified atom stereocenters. The molecule has 1 atom stereocenters. The molecule has 8 nitrogen and oxygen atoms in total. The fourth-order valence-electron chi connectivity index (χ4n) is 4.59. The summed E-state index contributed by atoms with van der Waals surface area (Å²) in [6, 6.07) is 16.4. The van der Waals surface area contributed by atoms with E-state index in [4.69, 9.17) is 19.1 Å². The van der Waals surface area contributed by atoms with Crippen molar-refractivity contribution in [2.45, 2.75) is 32.9 Å². The summed E-state index contributed by atoms with van der Waals surface area (Å²) in [7, 11) is 1.52. The molecule has 3 aromatic carbocycles. The van der Waals surface area contributed by atoms with E-state index in [1.54, 1.807) is 36.4 Å². The van der Waals surface area contributed by atoms with Crippen molar-refractivity contribution in [1.29, 1.82) is 0 Å². The van der Waals surface area contributed by atoms with Gasteiger partial charge in [-0.05, 0) is 55.8 Å². The van der Waals surface area contributed by atoms with Gasteiger partial charge in [-0.1, -0.05) is 23.4 Å². The Morgan fingerprint density at radius 2 is 1.85 bits per heavy atom. The van der Waals surface area contributed by atoms with Crippen molar-refractivity contribution in [3.05, 3.63) is 71.9 Å². The van der Waals surface area contributed by atoms with Gasteiger partial charge in [-0.25, -0.2) is 4.79 Å². The minimum absolute atomic E-state index is 0.246. The number of methoxy groups -OCH3 is 1. The van der Waals surface area contributed by atoms with E-state index >= 15 is 0 Å². The maximum absolute atomic E-state index is 13.0. The maximum Gasteiger partial charge on any atom is 0.573 e. The van der Waals surface area contributed by atoms with Crippen LogP contribution in [0.15, 0.2) is 65.2 Å². The summed E-state index contributed by atoms with van der Waals surface area (Å²) >= 11 is 0. The highest BCUT2D eigenvalue weighted by atomic mass is 19.4. The Kier molecular flexibility index (Phi) is 6.59. The van der Waals surface area contributed by atoms with Gasteiger partial charge in [0, 0.05) is 29.3 Å². The minimum atomic E-state index is -4.85. The molecule has 0 amide bonds. The van der Waals surface area contributed by atoms with Gasteiger partial charge in [-0.15, -0.1) is 13.2 Å². The average Bonchev–Trinajstić information content (AvgIpc) is 3.41. The molecule has 0 aliphatic carbocycles. The van der Waals surface area contributed by atoms with Gasteiger partial charge in [0.05, 0.1) is 18.0 Å². The van der Waals surface area contributed by atoms with Gasteiger partial charge in [0.2, 0.25) is 5.58 Å². The molecule has 5 rings (SSSR count). The van der Waals surface area contributed by atoms with Gasteiger partial charge in [0.25, 0.3) is 0 Å². The topological polar surface area (TPSA) is 96.0 Å². The molecule has 39 heavy (non-hydrogen) atoms. The average molecular weight is 540 g/mol. The lowest BCUT2D eigenvalue weighted by atomic mass is 10.0. The maximum atomic E-state index is 13.0. The van der Waals surface area contributed by atoms with E-state index in [2.05, 4.69) is 9.89 Å². The van der Waals surface area contributed by atoms with Crippen molar-refractivity contribution in [2.75, 3.05) is 7.11 Å². The largest absolute Gasteiger partial charge is 0.573 e. The number of aliphatic carboxylic acids is 1. The van der Waals surface area contributed by atoms with E-state index < -0.39 is 18.4 Å². The second-order valence-electron chi connectivity index (χ2n) is 8.89. The molecule has 0 radical (unpaired) electrons. The number of carboxylic acid groups (broad SMARTS) is 1. The van der Waals surface area contributed by atoms with Crippen LogP contribution in [0.25, 0.3) is 33.1 Å². The third-order valence-corrected chi connectivity index (χ3v) is 6.35. The molecule has 2 aromatic heterocycles. The summed E-state index contributed by atoms with van der Waals surface area (Å²) in [5.41, 5.74) is 3.59. The van der Waals surface area contributed by atoms with Crippen LogP contribution in [0.3, 0.4) is 0 Å². The summed E-state index contributed by atoms with van der Waals surface area (Å²) < 4.78 is 61.6. The molecule has 11 heteroatoms. The summed E-state index contributed by atoms with van der Waals surface area (Å²) in [5, 5.41) is 14.8. The molecule has 0 saturated heterocycles. The van der Waals surface area contributed by atoms with Crippen LogP contribution in [0.2, 0.25) is 0 Å². The van der Waals surface area contributed by atoms with Crippen LogP contribution in [-0.2, 0) is 11.3 Å². The number of benzene rings is 3. The monoisotopic (exact) mass is 540 g/mol. The zero-order valence-electron chi connectivity index (χ0n) is 21.1. The van der Waals surface area contributed by atoms with Crippen LogP contribution in [0, 0.1) is 6.92 Å². The predicted molar refractivity (Wildman–Crippen MR) is 136 cm³/mol. The number of para-hydroxylation sites is 1. The molecule has 0 spiro atoms. The molecular formula is C28H23F3N2O6.